The summed E-state index contributed by atoms with van der Waals surface area (Å²) in [6.07, 6.45) is 3.24. The lowest BCUT2D eigenvalue weighted by Gasteiger charge is -2.37. The van der Waals surface area contributed by atoms with Crippen LogP contribution in [0.4, 0.5) is 5.82 Å². The molecule has 0 radical (unpaired) electrons. The minimum Gasteiger partial charge on any atom is -0.366 e. The van der Waals surface area contributed by atoms with Gasteiger partial charge in [-0.3, -0.25) is 4.90 Å². The fourth-order valence-electron chi connectivity index (χ4n) is 1.98. The van der Waals surface area contributed by atoms with Crippen LogP contribution in [0.15, 0.2) is 12.4 Å². The van der Waals surface area contributed by atoms with Crippen LogP contribution >= 0.6 is 11.6 Å². The zero-order chi connectivity index (χ0) is 12.3. The van der Waals surface area contributed by atoms with Crippen molar-refractivity contribution in [3.63, 3.8) is 0 Å². The summed E-state index contributed by atoms with van der Waals surface area (Å²) < 4.78 is 0. The fourth-order valence-corrected chi connectivity index (χ4v) is 2.15. The number of anilines is 1. The van der Waals surface area contributed by atoms with Crippen molar-refractivity contribution in [1.29, 1.82) is 0 Å². The van der Waals surface area contributed by atoms with Gasteiger partial charge in [-0.05, 0) is 14.1 Å². The van der Waals surface area contributed by atoms with Crippen molar-refractivity contribution >= 4 is 17.4 Å². The fraction of sp³-hybridized carbons (Fsp3) is 0.636. The van der Waals surface area contributed by atoms with Crippen LogP contribution in [0.25, 0.3) is 0 Å². The maximum absolute atomic E-state index is 5.95. The zero-order valence-corrected chi connectivity index (χ0v) is 11.0. The second-order valence-electron chi connectivity index (χ2n) is 4.47. The van der Waals surface area contributed by atoms with E-state index >= 15 is 0 Å². The van der Waals surface area contributed by atoms with Crippen molar-refractivity contribution in [2.75, 3.05) is 45.6 Å². The first-order chi connectivity index (χ1) is 8.16. The molecule has 2 rings (SSSR count). The monoisotopic (exact) mass is 255 g/mol. The maximum Gasteiger partial charge on any atom is 0.171 e. The van der Waals surface area contributed by atoms with E-state index in [1.54, 1.807) is 12.4 Å². The van der Waals surface area contributed by atoms with Crippen LogP contribution in [0, 0.1) is 0 Å². The van der Waals surface area contributed by atoms with Crippen molar-refractivity contribution in [1.82, 2.24) is 19.8 Å². The minimum absolute atomic E-state index is 0.430. The van der Waals surface area contributed by atoms with E-state index in [9.17, 15) is 0 Å². The summed E-state index contributed by atoms with van der Waals surface area (Å²) in [6, 6.07) is 0.479. The Balaban J connectivity index is 1.91. The van der Waals surface area contributed by atoms with Gasteiger partial charge in [0.2, 0.25) is 0 Å². The number of likely N-dealkylation sites (N-methyl/N-ethyl adjacent to an activating group) is 2. The smallest absolute Gasteiger partial charge is 0.171 e. The Morgan fingerprint density at radius 3 is 2.88 bits per heavy atom. The Kier molecular flexibility index (Phi) is 4.15. The molecule has 1 aromatic heterocycles. The van der Waals surface area contributed by atoms with E-state index in [4.69, 9.17) is 11.6 Å². The summed E-state index contributed by atoms with van der Waals surface area (Å²) in [6.45, 7) is 4.11. The van der Waals surface area contributed by atoms with E-state index < -0.39 is 0 Å². The highest BCUT2D eigenvalue weighted by Crippen LogP contribution is 2.15. The van der Waals surface area contributed by atoms with Crippen molar-refractivity contribution in [2.24, 2.45) is 0 Å². The summed E-state index contributed by atoms with van der Waals surface area (Å²) in [5.41, 5.74) is 0. The van der Waals surface area contributed by atoms with Crippen LogP contribution in [0.1, 0.15) is 0 Å². The largest absolute Gasteiger partial charge is 0.366 e. The highest BCUT2D eigenvalue weighted by Gasteiger charge is 2.22. The van der Waals surface area contributed by atoms with Crippen molar-refractivity contribution in [2.45, 2.75) is 6.04 Å². The molecule has 1 N–H and O–H groups in total. The van der Waals surface area contributed by atoms with Gasteiger partial charge in [0.05, 0.1) is 0 Å². The molecule has 2 heterocycles. The Morgan fingerprint density at radius 1 is 1.35 bits per heavy atom. The van der Waals surface area contributed by atoms with Crippen LogP contribution in [0.2, 0.25) is 5.15 Å². The first-order valence-corrected chi connectivity index (χ1v) is 6.14. The van der Waals surface area contributed by atoms with Gasteiger partial charge in [-0.2, -0.15) is 0 Å². The molecular weight excluding hydrogens is 238 g/mol. The number of nitrogens with zero attached hydrogens (tertiary/aromatic N) is 4. The van der Waals surface area contributed by atoms with E-state index in [1.165, 1.54) is 0 Å². The molecule has 0 aromatic carbocycles. The third-order valence-corrected chi connectivity index (χ3v) is 3.42. The third kappa shape index (κ3) is 3.28. The van der Waals surface area contributed by atoms with Gasteiger partial charge in [-0.15, -0.1) is 0 Å². The molecule has 1 aromatic rings. The SMILES string of the molecule is CN1CCN(C)C(CNc2nccnc2Cl)C1. The third-order valence-electron chi connectivity index (χ3n) is 3.14. The number of piperazine rings is 1. The van der Waals surface area contributed by atoms with E-state index in [1.807, 2.05) is 0 Å². The highest BCUT2D eigenvalue weighted by molar-refractivity contribution is 6.31. The molecule has 0 saturated carbocycles. The second-order valence-corrected chi connectivity index (χ2v) is 4.83. The molecule has 17 heavy (non-hydrogen) atoms. The summed E-state index contributed by atoms with van der Waals surface area (Å²) in [5.74, 6) is 0.663. The Morgan fingerprint density at radius 2 is 2.12 bits per heavy atom. The summed E-state index contributed by atoms with van der Waals surface area (Å²) >= 11 is 5.95. The number of nitrogens with one attached hydrogen (secondary N) is 1. The summed E-state index contributed by atoms with van der Waals surface area (Å²) in [7, 11) is 4.30. The predicted molar refractivity (Wildman–Crippen MR) is 69.4 cm³/mol. The molecular formula is C11H18ClN5. The van der Waals surface area contributed by atoms with Crippen LogP contribution in [-0.2, 0) is 0 Å². The van der Waals surface area contributed by atoms with Crippen molar-refractivity contribution in [3.8, 4) is 0 Å². The lowest BCUT2D eigenvalue weighted by Crippen LogP contribution is -2.52. The molecule has 1 atom stereocenters. The quantitative estimate of drug-likeness (QED) is 0.865. The summed E-state index contributed by atoms with van der Waals surface area (Å²) in [5, 5.41) is 3.69. The molecule has 1 fully saturated rings. The van der Waals surface area contributed by atoms with Gasteiger partial charge in [0, 0.05) is 44.6 Å². The molecule has 0 bridgehead atoms. The number of hydrogen-bond acceptors (Lipinski definition) is 5. The summed E-state index contributed by atoms with van der Waals surface area (Å²) in [4.78, 5) is 12.9. The molecule has 0 spiro atoms. The van der Waals surface area contributed by atoms with Crippen LogP contribution in [-0.4, -0.2) is 66.1 Å². The average molecular weight is 256 g/mol. The zero-order valence-electron chi connectivity index (χ0n) is 10.2. The molecule has 1 aliphatic rings. The molecule has 0 amide bonds. The second kappa shape index (κ2) is 5.62. The van der Waals surface area contributed by atoms with Gasteiger partial charge in [0.1, 0.15) is 0 Å². The normalized spacial score (nSPS) is 22.6. The Labute approximate surface area is 107 Å². The molecule has 1 aliphatic heterocycles. The topological polar surface area (TPSA) is 44.3 Å². The lowest BCUT2D eigenvalue weighted by atomic mass is 10.2. The molecule has 1 unspecified atom stereocenters. The highest BCUT2D eigenvalue weighted by atomic mass is 35.5. The van der Waals surface area contributed by atoms with Gasteiger partial charge in [0.15, 0.2) is 11.0 Å². The Bertz CT molecular complexity index is 373. The van der Waals surface area contributed by atoms with Gasteiger partial charge in [-0.25, -0.2) is 9.97 Å². The standard InChI is InChI=1S/C11H18ClN5/c1-16-5-6-17(2)9(8-16)7-15-11-10(12)13-3-4-14-11/h3-4,9H,5-8H2,1-2H3,(H,14,15). The van der Waals surface area contributed by atoms with Crippen molar-refractivity contribution in [3.05, 3.63) is 17.5 Å². The maximum atomic E-state index is 5.95. The number of halogens is 1. The van der Waals surface area contributed by atoms with Gasteiger partial charge < -0.3 is 10.2 Å². The first kappa shape index (κ1) is 12.5. The van der Waals surface area contributed by atoms with Gasteiger partial charge >= 0.3 is 0 Å². The molecule has 94 valence electrons. The number of rotatable bonds is 3. The van der Waals surface area contributed by atoms with Crippen LogP contribution < -0.4 is 5.32 Å². The molecule has 0 aliphatic carbocycles. The van der Waals surface area contributed by atoms with E-state index in [0.29, 0.717) is 17.0 Å². The molecule has 5 nitrogen and oxygen atoms in total. The first-order valence-electron chi connectivity index (χ1n) is 5.76. The van der Waals surface area contributed by atoms with Gasteiger partial charge in [0.25, 0.3) is 0 Å². The van der Waals surface area contributed by atoms with Crippen molar-refractivity contribution < 1.29 is 0 Å². The predicted octanol–water partition coefficient (Wildman–Crippen LogP) is 0.788. The van der Waals surface area contributed by atoms with Crippen LogP contribution in [0.5, 0.6) is 0 Å². The lowest BCUT2D eigenvalue weighted by molar-refractivity contribution is 0.122. The van der Waals surface area contributed by atoms with E-state index in [0.717, 1.165) is 26.2 Å². The number of hydrogen-bond donors (Lipinski definition) is 1. The molecule has 6 heteroatoms. The van der Waals surface area contributed by atoms with E-state index in [-0.39, 0.29) is 0 Å². The minimum atomic E-state index is 0.430. The van der Waals surface area contributed by atoms with E-state index in [2.05, 4.69) is 39.2 Å². The van der Waals surface area contributed by atoms with Gasteiger partial charge in [-0.1, -0.05) is 11.6 Å². The number of aromatic nitrogens is 2. The van der Waals surface area contributed by atoms with Crippen LogP contribution in [0.3, 0.4) is 0 Å². The average Bonchev–Trinajstić information content (AvgIpc) is 2.32. The Hall–Kier alpha value is -0.910. The molecule has 1 saturated heterocycles.